The second-order valence-electron chi connectivity index (χ2n) is 3.25. The Hall–Kier alpha value is -2.24. The quantitative estimate of drug-likeness (QED) is 0.767. The largest absolute Gasteiger partial charge is 0.370 e. The van der Waals surface area contributed by atoms with Crippen molar-refractivity contribution in [3.05, 3.63) is 36.2 Å². The van der Waals surface area contributed by atoms with Gasteiger partial charge in [-0.1, -0.05) is 18.2 Å². The van der Waals surface area contributed by atoms with Crippen LogP contribution < -0.4 is 5.73 Å². The van der Waals surface area contributed by atoms with Gasteiger partial charge in [-0.25, -0.2) is 5.10 Å². The topological polar surface area (TPSA) is 97.6 Å². The van der Waals surface area contributed by atoms with E-state index in [2.05, 4.69) is 20.6 Å². The van der Waals surface area contributed by atoms with E-state index in [1.54, 1.807) is 6.42 Å². The first kappa shape index (κ1) is 10.3. The minimum absolute atomic E-state index is 0.220. The van der Waals surface area contributed by atoms with Gasteiger partial charge in [-0.05, 0) is 28.5 Å². The number of amides is 1. The molecule has 1 amide bonds. The van der Waals surface area contributed by atoms with Gasteiger partial charge in [0.05, 0.1) is 0 Å². The number of H-pyrrole nitrogens is 1. The number of primary amides is 1. The smallest absolute Gasteiger partial charge is 0.218 e. The summed E-state index contributed by atoms with van der Waals surface area (Å²) in [6.07, 6.45) is 1.98. The fourth-order valence-electron chi connectivity index (χ4n) is 1.31. The van der Waals surface area contributed by atoms with Crippen molar-refractivity contribution in [3.8, 4) is 11.4 Å². The SMILES string of the molecule is NC(=O)C[CH]c1cccc(-c2nnn[nH]2)c1. The highest BCUT2D eigenvalue weighted by Gasteiger charge is 2.03. The molecule has 0 bridgehead atoms. The summed E-state index contributed by atoms with van der Waals surface area (Å²) in [5.74, 6) is 0.237. The molecule has 0 aliphatic rings. The molecule has 6 heteroatoms. The van der Waals surface area contributed by atoms with E-state index in [9.17, 15) is 4.79 Å². The van der Waals surface area contributed by atoms with Crippen LogP contribution in [0.15, 0.2) is 24.3 Å². The van der Waals surface area contributed by atoms with Crippen LogP contribution in [0.5, 0.6) is 0 Å². The second-order valence-corrected chi connectivity index (χ2v) is 3.25. The van der Waals surface area contributed by atoms with Crippen LogP contribution in [0.4, 0.5) is 0 Å². The number of benzene rings is 1. The fraction of sp³-hybridized carbons (Fsp3) is 0.100. The Morgan fingerprint density at radius 2 is 2.38 bits per heavy atom. The van der Waals surface area contributed by atoms with E-state index in [-0.39, 0.29) is 12.3 Å². The summed E-state index contributed by atoms with van der Waals surface area (Å²) in [4.78, 5) is 10.6. The van der Waals surface area contributed by atoms with Gasteiger partial charge in [0, 0.05) is 12.0 Å². The molecule has 0 unspecified atom stereocenters. The summed E-state index contributed by atoms with van der Waals surface area (Å²) in [7, 11) is 0. The molecule has 81 valence electrons. The third-order valence-electron chi connectivity index (χ3n) is 2.04. The second kappa shape index (κ2) is 4.52. The van der Waals surface area contributed by atoms with Gasteiger partial charge in [-0.2, -0.15) is 0 Å². The molecule has 0 saturated carbocycles. The molecule has 0 atom stereocenters. The molecule has 1 radical (unpaired) electrons. The zero-order chi connectivity index (χ0) is 11.4. The van der Waals surface area contributed by atoms with Crippen molar-refractivity contribution in [2.24, 2.45) is 5.73 Å². The standard InChI is InChI=1S/C10H10N5O/c11-9(16)5-4-7-2-1-3-8(6-7)10-12-14-15-13-10/h1-4,6H,5H2,(H2,11,16)(H,12,13,14,15). The Balaban J connectivity index is 2.17. The molecule has 2 aromatic rings. The van der Waals surface area contributed by atoms with Crippen LogP contribution >= 0.6 is 0 Å². The van der Waals surface area contributed by atoms with Crippen molar-refractivity contribution in [1.29, 1.82) is 0 Å². The lowest BCUT2D eigenvalue weighted by Crippen LogP contribution is -2.10. The predicted molar refractivity (Wildman–Crippen MR) is 56.8 cm³/mol. The molecule has 2 rings (SSSR count). The number of hydrogen-bond acceptors (Lipinski definition) is 4. The molecule has 16 heavy (non-hydrogen) atoms. The first-order valence-electron chi connectivity index (χ1n) is 4.71. The number of nitrogens with one attached hydrogen (secondary N) is 1. The molecule has 1 aromatic heterocycles. The van der Waals surface area contributed by atoms with Crippen LogP contribution in [0.2, 0.25) is 0 Å². The number of tetrazole rings is 1. The molecule has 0 spiro atoms. The average molecular weight is 216 g/mol. The molecular weight excluding hydrogens is 206 g/mol. The van der Waals surface area contributed by atoms with Crippen molar-refractivity contribution >= 4 is 5.91 Å². The molecule has 0 aliphatic carbocycles. The van der Waals surface area contributed by atoms with E-state index in [1.165, 1.54) is 0 Å². The lowest BCUT2D eigenvalue weighted by Gasteiger charge is -2.00. The maximum absolute atomic E-state index is 10.6. The van der Waals surface area contributed by atoms with Gasteiger partial charge in [-0.15, -0.1) is 5.10 Å². The lowest BCUT2D eigenvalue weighted by atomic mass is 10.1. The lowest BCUT2D eigenvalue weighted by molar-refractivity contribution is -0.117. The molecule has 6 nitrogen and oxygen atoms in total. The highest BCUT2D eigenvalue weighted by Crippen LogP contribution is 2.16. The van der Waals surface area contributed by atoms with E-state index >= 15 is 0 Å². The summed E-state index contributed by atoms with van der Waals surface area (Å²) in [5, 5.41) is 13.5. The Labute approximate surface area is 91.9 Å². The van der Waals surface area contributed by atoms with Crippen LogP contribution in [-0.2, 0) is 4.79 Å². The summed E-state index contributed by atoms with van der Waals surface area (Å²) in [5.41, 5.74) is 6.84. The summed E-state index contributed by atoms with van der Waals surface area (Å²) in [6.45, 7) is 0. The Bertz CT molecular complexity index is 480. The van der Waals surface area contributed by atoms with E-state index in [1.807, 2.05) is 24.3 Å². The van der Waals surface area contributed by atoms with Gasteiger partial charge < -0.3 is 5.73 Å². The van der Waals surface area contributed by atoms with Crippen molar-refractivity contribution in [2.75, 3.05) is 0 Å². The summed E-state index contributed by atoms with van der Waals surface area (Å²) >= 11 is 0. The zero-order valence-corrected chi connectivity index (χ0v) is 8.42. The maximum atomic E-state index is 10.6. The molecule has 0 aliphatic heterocycles. The fourth-order valence-corrected chi connectivity index (χ4v) is 1.31. The number of nitrogens with zero attached hydrogens (tertiary/aromatic N) is 3. The van der Waals surface area contributed by atoms with Crippen LogP contribution in [0, 0.1) is 6.42 Å². The van der Waals surface area contributed by atoms with Crippen molar-refractivity contribution in [1.82, 2.24) is 20.6 Å². The van der Waals surface area contributed by atoms with Gasteiger partial charge in [0.2, 0.25) is 5.91 Å². The van der Waals surface area contributed by atoms with Gasteiger partial charge in [-0.3, -0.25) is 4.79 Å². The minimum atomic E-state index is -0.355. The molecule has 1 aromatic carbocycles. The molecular formula is C10H10N5O. The Morgan fingerprint density at radius 1 is 1.50 bits per heavy atom. The van der Waals surface area contributed by atoms with E-state index in [4.69, 9.17) is 5.73 Å². The van der Waals surface area contributed by atoms with Crippen molar-refractivity contribution in [3.63, 3.8) is 0 Å². The normalized spacial score (nSPS) is 10.2. The van der Waals surface area contributed by atoms with Crippen LogP contribution in [0.25, 0.3) is 11.4 Å². The third kappa shape index (κ3) is 2.41. The monoisotopic (exact) mass is 216 g/mol. The number of aromatic amines is 1. The summed E-state index contributed by atoms with van der Waals surface area (Å²) < 4.78 is 0. The molecule has 3 N–H and O–H groups in total. The average Bonchev–Trinajstić information content (AvgIpc) is 2.80. The maximum Gasteiger partial charge on any atom is 0.218 e. The summed E-state index contributed by atoms with van der Waals surface area (Å²) in [6, 6.07) is 7.51. The van der Waals surface area contributed by atoms with Crippen molar-refractivity contribution in [2.45, 2.75) is 6.42 Å². The van der Waals surface area contributed by atoms with Crippen LogP contribution in [0.1, 0.15) is 12.0 Å². The molecule has 0 saturated heterocycles. The Morgan fingerprint density at radius 3 is 3.06 bits per heavy atom. The van der Waals surface area contributed by atoms with Crippen LogP contribution in [-0.4, -0.2) is 26.5 Å². The highest BCUT2D eigenvalue weighted by atomic mass is 16.1. The Kier molecular flexibility index (Phi) is 2.90. The van der Waals surface area contributed by atoms with E-state index in [0.717, 1.165) is 11.1 Å². The van der Waals surface area contributed by atoms with E-state index < -0.39 is 0 Å². The van der Waals surface area contributed by atoms with Crippen LogP contribution in [0.3, 0.4) is 0 Å². The van der Waals surface area contributed by atoms with Gasteiger partial charge in [0.15, 0.2) is 5.82 Å². The number of nitrogens with two attached hydrogens (primary N) is 1. The number of hydrogen-bond donors (Lipinski definition) is 2. The molecule has 0 fully saturated rings. The number of aromatic nitrogens is 4. The first-order chi connectivity index (χ1) is 7.75. The molecule has 1 heterocycles. The zero-order valence-electron chi connectivity index (χ0n) is 8.42. The van der Waals surface area contributed by atoms with Gasteiger partial charge in [0.25, 0.3) is 0 Å². The number of carbonyl (C=O) groups is 1. The van der Waals surface area contributed by atoms with Crippen molar-refractivity contribution < 1.29 is 4.79 Å². The highest BCUT2D eigenvalue weighted by molar-refractivity contribution is 5.75. The number of carbonyl (C=O) groups excluding carboxylic acids is 1. The van der Waals surface area contributed by atoms with E-state index in [0.29, 0.717) is 5.82 Å². The third-order valence-corrected chi connectivity index (χ3v) is 2.04. The number of rotatable bonds is 4. The van der Waals surface area contributed by atoms with Gasteiger partial charge in [0.1, 0.15) is 0 Å². The minimum Gasteiger partial charge on any atom is -0.370 e. The predicted octanol–water partition coefficient (Wildman–Crippen LogP) is 0.294. The first-order valence-corrected chi connectivity index (χ1v) is 4.71. The van der Waals surface area contributed by atoms with Gasteiger partial charge >= 0.3 is 0 Å².